The number of nitrogens with two attached hydrogens (primary N) is 1. The first-order valence-electron chi connectivity index (χ1n) is 4.21. The fraction of sp³-hybridized carbons (Fsp3) is 0.400. The van der Waals surface area contributed by atoms with Crippen molar-refractivity contribution < 1.29 is 4.42 Å². The largest absolute Gasteiger partial charge is 0.468 e. The number of furan rings is 1. The minimum absolute atomic E-state index is 0.574. The zero-order valence-corrected chi connectivity index (χ0v) is 8.69. The lowest BCUT2D eigenvalue weighted by molar-refractivity contribution is 0.528. The van der Waals surface area contributed by atoms with E-state index >= 15 is 0 Å². The Bertz CT molecular complexity index is 280. The predicted molar refractivity (Wildman–Crippen MR) is 57.8 cm³/mol. The molecule has 0 amide bonds. The van der Waals surface area contributed by atoms with Crippen LogP contribution in [0.4, 0.5) is 0 Å². The average Bonchev–Trinajstić information content (AvgIpc) is 2.52. The van der Waals surface area contributed by atoms with Gasteiger partial charge in [-0.3, -0.25) is 0 Å². The molecule has 0 unspecified atom stereocenters. The highest BCUT2D eigenvalue weighted by molar-refractivity contribution is 7.98. The van der Waals surface area contributed by atoms with Crippen LogP contribution in [-0.4, -0.2) is 12.3 Å². The van der Waals surface area contributed by atoms with Crippen LogP contribution in [0.5, 0.6) is 0 Å². The van der Waals surface area contributed by atoms with Gasteiger partial charge in [0.2, 0.25) is 0 Å². The van der Waals surface area contributed by atoms with Gasteiger partial charge >= 0.3 is 0 Å². The Morgan fingerprint density at radius 2 is 2.46 bits per heavy atom. The SMILES string of the molecule is C=C(CN)CSCc1occc1C. The minimum atomic E-state index is 0.574. The summed E-state index contributed by atoms with van der Waals surface area (Å²) < 4.78 is 5.30. The van der Waals surface area contributed by atoms with Crippen molar-refractivity contribution in [1.82, 2.24) is 0 Å². The normalized spacial score (nSPS) is 10.3. The molecule has 13 heavy (non-hydrogen) atoms. The average molecular weight is 197 g/mol. The molecule has 0 saturated carbocycles. The molecule has 0 aliphatic carbocycles. The molecule has 0 aromatic carbocycles. The molecule has 2 nitrogen and oxygen atoms in total. The molecule has 0 atom stereocenters. The van der Waals surface area contributed by atoms with E-state index in [9.17, 15) is 0 Å². The molecule has 1 aromatic rings. The highest BCUT2D eigenvalue weighted by Gasteiger charge is 2.01. The van der Waals surface area contributed by atoms with Crippen LogP contribution in [0, 0.1) is 6.92 Å². The molecule has 1 aromatic heterocycles. The molecule has 0 saturated heterocycles. The second-order valence-electron chi connectivity index (χ2n) is 2.97. The van der Waals surface area contributed by atoms with Gasteiger partial charge < -0.3 is 10.2 Å². The molecule has 1 rings (SSSR count). The molecule has 0 aliphatic rings. The van der Waals surface area contributed by atoms with Gasteiger partial charge in [-0.05, 0) is 18.6 Å². The zero-order valence-electron chi connectivity index (χ0n) is 7.88. The highest BCUT2D eigenvalue weighted by Crippen LogP contribution is 2.18. The van der Waals surface area contributed by atoms with Crippen LogP contribution >= 0.6 is 11.8 Å². The third-order valence-electron chi connectivity index (χ3n) is 1.80. The van der Waals surface area contributed by atoms with E-state index in [0.717, 1.165) is 22.8 Å². The molecule has 0 bridgehead atoms. The van der Waals surface area contributed by atoms with Crippen molar-refractivity contribution in [3.8, 4) is 0 Å². The smallest absolute Gasteiger partial charge is 0.116 e. The number of rotatable bonds is 5. The first-order chi connectivity index (χ1) is 6.24. The van der Waals surface area contributed by atoms with Gasteiger partial charge in [0, 0.05) is 12.3 Å². The monoisotopic (exact) mass is 197 g/mol. The molecule has 1 heterocycles. The minimum Gasteiger partial charge on any atom is -0.468 e. The lowest BCUT2D eigenvalue weighted by atomic mass is 10.3. The summed E-state index contributed by atoms with van der Waals surface area (Å²) in [5.41, 5.74) is 7.72. The molecule has 0 fully saturated rings. The van der Waals surface area contributed by atoms with Gasteiger partial charge in [0.25, 0.3) is 0 Å². The van der Waals surface area contributed by atoms with Crippen LogP contribution < -0.4 is 5.73 Å². The first-order valence-corrected chi connectivity index (χ1v) is 5.37. The van der Waals surface area contributed by atoms with Gasteiger partial charge in [0.05, 0.1) is 12.0 Å². The van der Waals surface area contributed by atoms with E-state index in [2.05, 4.69) is 13.5 Å². The van der Waals surface area contributed by atoms with Crippen molar-refractivity contribution in [2.75, 3.05) is 12.3 Å². The van der Waals surface area contributed by atoms with E-state index in [0.29, 0.717) is 6.54 Å². The van der Waals surface area contributed by atoms with Gasteiger partial charge in [0.1, 0.15) is 5.76 Å². The van der Waals surface area contributed by atoms with Gasteiger partial charge in [-0.2, -0.15) is 0 Å². The van der Waals surface area contributed by atoms with E-state index in [1.54, 1.807) is 18.0 Å². The van der Waals surface area contributed by atoms with Crippen LogP contribution in [0.3, 0.4) is 0 Å². The molecule has 2 N–H and O–H groups in total. The number of hydrogen-bond acceptors (Lipinski definition) is 3. The van der Waals surface area contributed by atoms with E-state index < -0.39 is 0 Å². The Morgan fingerprint density at radius 3 is 3.00 bits per heavy atom. The molecular formula is C10H15NOS. The zero-order chi connectivity index (χ0) is 9.68. The maximum atomic E-state index is 5.43. The van der Waals surface area contributed by atoms with E-state index in [1.165, 1.54) is 5.56 Å². The summed E-state index contributed by atoms with van der Waals surface area (Å²) in [5.74, 6) is 2.86. The van der Waals surface area contributed by atoms with Crippen molar-refractivity contribution in [2.24, 2.45) is 5.73 Å². The van der Waals surface area contributed by atoms with Crippen molar-refractivity contribution in [1.29, 1.82) is 0 Å². The van der Waals surface area contributed by atoms with Crippen molar-refractivity contribution in [2.45, 2.75) is 12.7 Å². The quantitative estimate of drug-likeness (QED) is 0.736. The Balaban J connectivity index is 2.28. The van der Waals surface area contributed by atoms with Crippen LogP contribution in [0.2, 0.25) is 0 Å². The molecule has 0 spiro atoms. The predicted octanol–water partition coefficient (Wildman–Crippen LogP) is 2.34. The van der Waals surface area contributed by atoms with Gasteiger partial charge in [-0.25, -0.2) is 0 Å². The fourth-order valence-electron chi connectivity index (χ4n) is 0.899. The maximum Gasteiger partial charge on any atom is 0.116 e. The van der Waals surface area contributed by atoms with Gasteiger partial charge in [0.15, 0.2) is 0 Å². The third kappa shape index (κ3) is 3.28. The first kappa shape index (κ1) is 10.4. The third-order valence-corrected chi connectivity index (χ3v) is 2.87. The Kier molecular flexibility index (Phi) is 4.12. The standard InChI is InChI=1S/C10H15NOS/c1-8(5-11)6-13-7-10-9(2)3-4-12-10/h3-4H,1,5-7,11H2,2H3. The highest BCUT2D eigenvalue weighted by atomic mass is 32.2. The summed E-state index contributed by atoms with van der Waals surface area (Å²) in [7, 11) is 0. The Labute approximate surface area is 83.2 Å². The van der Waals surface area contributed by atoms with E-state index in [-0.39, 0.29) is 0 Å². The summed E-state index contributed by atoms with van der Waals surface area (Å²) in [5, 5.41) is 0. The molecule has 0 aliphatic heterocycles. The van der Waals surface area contributed by atoms with E-state index in [4.69, 9.17) is 10.2 Å². The van der Waals surface area contributed by atoms with E-state index in [1.807, 2.05) is 6.07 Å². The van der Waals surface area contributed by atoms with Gasteiger partial charge in [-0.15, -0.1) is 11.8 Å². The number of aryl methyl sites for hydroxylation is 1. The number of thioether (sulfide) groups is 1. The second-order valence-corrected chi connectivity index (χ2v) is 3.96. The van der Waals surface area contributed by atoms with Crippen LogP contribution in [0.1, 0.15) is 11.3 Å². The summed E-state index contributed by atoms with van der Waals surface area (Å²) in [4.78, 5) is 0. The van der Waals surface area contributed by atoms with Crippen LogP contribution in [0.15, 0.2) is 28.9 Å². The molecule has 0 radical (unpaired) electrons. The lowest BCUT2D eigenvalue weighted by Gasteiger charge is -2.01. The summed E-state index contributed by atoms with van der Waals surface area (Å²) in [6.45, 7) is 6.46. The molecular weight excluding hydrogens is 182 g/mol. The topological polar surface area (TPSA) is 39.2 Å². The fourth-order valence-corrected chi connectivity index (χ4v) is 1.89. The van der Waals surface area contributed by atoms with Crippen LogP contribution in [0.25, 0.3) is 0 Å². The Hall–Kier alpha value is -0.670. The Morgan fingerprint density at radius 1 is 1.69 bits per heavy atom. The van der Waals surface area contributed by atoms with Gasteiger partial charge in [-0.1, -0.05) is 12.2 Å². The summed E-state index contributed by atoms with van der Waals surface area (Å²) in [6, 6.07) is 1.98. The summed E-state index contributed by atoms with van der Waals surface area (Å²) in [6.07, 6.45) is 1.73. The van der Waals surface area contributed by atoms with Crippen molar-refractivity contribution in [3.63, 3.8) is 0 Å². The number of hydrogen-bond donors (Lipinski definition) is 1. The summed E-state index contributed by atoms with van der Waals surface area (Å²) >= 11 is 1.78. The maximum absolute atomic E-state index is 5.43. The van der Waals surface area contributed by atoms with Crippen molar-refractivity contribution in [3.05, 3.63) is 35.8 Å². The lowest BCUT2D eigenvalue weighted by Crippen LogP contribution is -2.03. The molecule has 72 valence electrons. The second kappa shape index (κ2) is 5.14. The van der Waals surface area contributed by atoms with Crippen molar-refractivity contribution >= 4 is 11.8 Å². The van der Waals surface area contributed by atoms with Crippen LogP contribution in [-0.2, 0) is 5.75 Å². The molecule has 3 heteroatoms.